The van der Waals surface area contributed by atoms with Crippen molar-refractivity contribution in [3.05, 3.63) is 22.4 Å². The first-order chi connectivity index (χ1) is 7.57. The number of aliphatic carboxylic acids is 1. The van der Waals surface area contributed by atoms with Gasteiger partial charge in [0.15, 0.2) is 5.79 Å². The van der Waals surface area contributed by atoms with Crippen molar-refractivity contribution >= 4 is 17.3 Å². The van der Waals surface area contributed by atoms with Crippen LogP contribution in [0.15, 0.2) is 17.5 Å². The summed E-state index contributed by atoms with van der Waals surface area (Å²) < 4.78 is 11.2. The minimum atomic E-state index is -0.853. The number of hydrogen-bond donors (Lipinski definition) is 1. The van der Waals surface area contributed by atoms with Gasteiger partial charge in [-0.3, -0.25) is 4.79 Å². The van der Waals surface area contributed by atoms with Crippen molar-refractivity contribution in [2.45, 2.75) is 31.7 Å². The lowest BCUT2D eigenvalue weighted by atomic mass is 10.2. The van der Waals surface area contributed by atoms with Gasteiger partial charge in [-0.2, -0.15) is 0 Å². The second-order valence-electron chi connectivity index (χ2n) is 4.04. The van der Waals surface area contributed by atoms with Crippen molar-refractivity contribution in [2.75, 3.05) is 6.61 Å². The van der Waals surface area contributed by atoms with E-state index in [0.717, 1.165) is 0 Å². The van der Waals surface area contributed by atoms with Gasteiger partial charge in [0.05, 0.1) is 19.1 Å². The van der Waals surface area contributed by atoms with Gasteiger partial charge in [0.25, 0.3) is 0 Å². The average molecular weight is 242 g/mol. The lowest BCUT2D eigenvalue weighted by Gasteiger charge is -2.22. The fraction of sp³-hybridized carbons (Fsp3) is 0.545. The lowest BCUT2D eigenvalue weighted by molar-refractivity contribution is -0.158. The smallest absolute Gasteiger partial charge is 0.306 e. The maximum absolute atomic E-state index is 10.5. The number of hydrogen-bond acceptors (Lipinski definition) is 4. The number of carbonyl (C=O) groups is 1. The van der Waals surface area contributed by atoms with Crippen molar-refractivity contribution in [3.8, 4) is 0 Å². The molecule has 1 fully saturated rings. The Morgan fingerprint density at radius 3 is 3.19 bits per heavy atom. The van der Waals surface area contributed by atoms with E-state index in [1.807, 2.05) is 24.4 Å². The quantitative estimate of drug-likeness (QED) is 0.876. The first-order valence-corrected chi connectivity index (χ1v) is 6.01. The fourth-order valence-corrected chi connectivity index (χ4v) is 2.64. The molecular formula is C11H14O4S. The summed E-state index contributed by atoms with van der Waals surface area (Å²) in [5.74, 6) is -1.53. The third-order valence-corrected chi connectivity index (χ3v) is 3.34. The van der Waals surface area contributed by atoms with Crippen molar-refractivity contribution in [3.63, 3.8) is 0 Å². The molecule has 0 spiro atoms. The van der Waals surface area contributed by atoms with Gasteiger partial charge >= 0.3 is 5.97 Å². The van der Waals surface area contributed by atoms with Crippen LogP contribution >= 0.6 is 11.3 Å². The molecule has 0 saturated carbocycles. The van der Waals surface area contributed by atoms with Gasteiger partial charge in [0.2, 0.25) is 0 Å². The van der Waals surface area contributed by atoms with E-state index in [2.05, 4.69) is 0 Å². The van der Waals surface area contributed by atoms with Gasteiger partial charge in [-0.1, -0.05) is 6.07 Å². The van der Waals surface area contributed by atoms with Gasteiger partial charge in [-0.15, -0.1) is 11.3 Å². The van der Waals surface area contributed by atoms with Crippen molar-refractivity contribution in [1.29, 1.82) is 0 Å². The predicted octanol–water partition coefficient (Wildman–Crippen LogP) is 1.90. The Morgan fingerprint density at radius 2 is 2.56 bits per heavy atom. The molecule has 2 heterocycles. The van der Waals surface area contributed by atoms with Crippen LogP contribution in [0.4, 0.5) is 0 Å². The number of thiophene rings is 1. The molecule has 0 bridgehead atoms. The Morgan fingerprint density at radius 1 is 1.75 bits per heavy atom. The molecule has 1 aromatic heterocycles. The number of rotatable bonds is 4. The zero-order valence-electron chi connectivity index (χ0n) is 9.01. The highest BCUT2D eigenvalue weighted by Gasteiger charge is 2.38. The normalized spacial score (nSPS) is 29.4. The lowest BCUT2D eigenvalue weighted by Crippen LogP contribution is -2.29. The largest absolute Gasteiger partial charge is 0.481 e. The molecule has 5 heteroatoms. The zero-order chi connectivity index (χ0) is 11.6. The second-order valence-corrected chi connectivity index (χ2v) is 5.07. The highest BCUT2D eigenvalue weighted by atomic mass is 32.1. The minimum absolute atomic E-state index is 0.0000302. The summed E-state index contributed by atoms with van der Waals surface area (Å²) in [7, 11) is 0. The van der Waals surface area contributed by atoms with Crippen molar-refractivity contribution in [1.82, 2.24) is 0 Å². The third kappa shape index (κ3) is 2.81. The fourth-order valence-electron chi connectivity index (χ4n) is 1.81. The molecule has 2 rings (SSSR count). The maximum Gasteiger partial charge on any atom is 0.306 e. The van der Waals surface area contributed by atoms with Crippen LogP contribution < -0.4 is 0 Å². The van der Waals surface area contributed by atoms with Gasteiger partial charge in [0.1, 0.15) is 0 Å². The molecule has 0 amide bonds. The van der Waals surface area contributed by atoms with Gasteiger partial charge in [-0.05, 0) is 18.4 Å². The molecule has 1 aromatic rings. The van der Waals surface area contributed by atoms with Crippen LogP contribution in [-0.4, -0.2) is 29.6 Å². The van der Waals surface area contributed by atoms with Crippen molar-refractivity contribution in [2.24, 2.45) is 0 Å². The van der Waals surface area contributed by atoms with Gasteiger partial charge in [-0.25, -0.2) is 0 Å². The van der Waals surface area contributed by atoms with E-state index in [-0.39, 0.29) is 12.5 Å². The Balaban J connectivity index is 1.93. The number of carboxylic acids is 1. The summed E-state index contributed by atoms with van der Waals surface area (Å²) in [4.78, 5) is 11.7. The Hall–Kier alpha value is -0.910. The van der Waals surface area contributed by atoms with Gasteiger partial charge in [0, 0.05) is 11.3 Å². The van der Waals surface area contributed by atoms with Crippen LogP contribution in [0.5, 0.6) is 0 Å². The maximum atomic E-state index is 10.5. The van der Waals surface area contributed by atoms with E-state index in [0.29, 0.717) is 13.0 Å². The van der Waals surface area contributed by atoms with Crippen LogP contribution in [0.25, 0.3) is 0 Å². The second kappa shape index (κ2) is 4.53. The molecule has 4 nitrogen and oxygen atoms in total. The molecular weight excluding hydrogens is 228 g/mol. The number of carboxylic acid groups (broad SMARTS) is 1. The highest BCUT2D eigenvalue weighted by Crippen LogP contribution is 2.29. The molecule has 88 valence electrons. The Bertz CT molecular complexity index is 362. The number of ether oxygens (including phenoxy) is 2. The Kier molecular flexibility index (Phi) is 3.28. The average Bonchev–Trinajstić information content (AvgIpc) is 2.76. The van der Waals surface area contributed by atoms with E-state index in [4.69, 9.17) is 14.6 Å². The first-order valence-electron chi connectivity index (χ1n) is 5.13. The van der Waals surface area contributed by atoms with E-state index in [1.54, 1.807) is 11.3 Å². The predicted molar refractivity (Wildman–Crippen MR) is 59.5 cm³/mol. The monoisotopic (exact) mass is 242 g/mol. The van der Waals surface area contributed by atoms with Crippen LogP contribution in [0.2, 0.25) is 0 Å². The summed E-state index contributed by atoms with van der Waals surface area (Å²) in [6.07, 6.45) is 0.336. The summed E-state index contributed by atoms with van der Waals surface area (Å²) >= 11 is 1.65. The SMILES string of the molecule is CC1(Cc2cccs2)OCC(CC(=O)O)O1. The molecule has 1 aliphatic heterocycles. The molecule has 2 atom stereocenters. The van der Waals surface area contributed by atoms with Crippen molar-refractivity contribution < 1.29 is 19.4 Å². The molecule has 16 heavy (non-hydrogen) atoms. The molecule has 2 unspecified atom stereocenters. The van der Waals surface area contributed by atoms with E-state index >= 15 is 0 Å². The van der Waals surface area contributed by atoms with Crippen LogP contribution in [-0.2, 0) is 20.7 Å². The van der Waals surface area contributed by atoms with Crippen LogP contribution in [0.1, 0.15) is 18.2 Å². The summed E-state index contributed by atoms with van der Waals surface area (Å²) in [5.41, 5.74) is 0. The van der Waals surface area contributed by atoms with E-state index < -0.39 is 11.8 Å². The summed E-state index contributed by atoms with van der Waals surface area (Å²) in [6, 6.07) is 4.00. The Labute approximate surface area is 97.8 Å². The van der Waals surface area contributed by atoms with Gasteiger partial charge < -0.3 is 14.6 Å². The highest BCUT2D eigenvalue weighted by molar-refractivity contribution is 7.09. The summed E-state index contributed by atoms with van der Waals surface area (Å²) in [6.45, 7) is 2.21. The third-order valence-electron chi connectivity index (χ3n) is 2.47. The molecule has 1 aliphatic rings. The molecule has 0 aliphatic carbocycles. The molecule has 0 radical (unpaired) electrons. The molecule has 1 N–H and O–H groups in total. The molecule has 0 aromatic carbocycles. The minimum Gasteiger partial charge on any atom is -0.481 e. The summed E-state index contributed by atoms with van der Waals surface area (Å²) in [5, 5.41) is 10.7. The zero-order valence-corrected chi connectivity index (χ0v) is 9.83. The standard InChI is InChI=1S/C11H14O4S/c1-11(6-9-3-2-4-16-9)14-7-8(15-11)5-10(12)13/h2-4,8H,5-7H2,1H3,(H,12,13). The molecule has 1 saturated heterocycles. The van der Waals surface area contributed by atoms with Crippen LogP contribution in [0.3, 0.4) is 0 Å². The first kappa shape index (κ1) is 11.6. The van der Waals surface area contributed by atoms with E-state index in [1.165, 1.54) is 4.88 Å². The van der Waals surface area contributed by atoms with E-state index in [9.17, 15) is 4.79 Å². The van der Waals surface area contributed by atoms with Crippen LogP contribution in [0, 0.1) is 0 Å². The topological polar surface area (TPSA) is 55.8 Å².